The van der Waals surface area contributed by atoms with Crippen molar-refractivity contribution in [3.05, 3.63) is 109 Å². The molecular formula is C82H147NO8P+. The maximum atomic E-state index is 12.9. The number of nitrogens with zero attached hydrogens (tertiary/aromatic N) is 1. The van der Waals surface area contributed by atoms with Crippen molar-refractivity contribution >= 4 is 19.8 Å². The summed E-state index contributed by atoms with van der Waals surface area (Å²) in [5.74, 6) is -0.782. The van der Waals surface area contributed by atoms with Gasteiger partial charge in [-0.15, -0.1) is 0 Å². The molecule has 92 heavy (non-hydrogen) atoms. The van der Waals surface area contributed by atoms with Crippen molar-refractivity contribution in [3.63, 3.8) is 0 Å². The molecule has 2 unspecified atom stereocenters. The number of allylic oxidation sites excluding steroid dienone is 18. The molecule has 0 saturated carbocycles. The largest absolute Gasteiger partial charge is 0.472 e. The van der Waals surface area contributed by atoms with Crippen LogP contribution < -0.4 is 0 Å². The van der Waals surface area contributed by atoms with Crippen LogP contribution in [0.3, 0.4) is 0 Å². The zero-order valence-electron chi connectivity index (χ0n) is 60.8. The predicted molar refractivity (Wildman–Crippen MR) is 399 cm³/mol. The summed E-state index contributed by atoms with van der Waals surface area (Å²) in [4.78, 5) is 36.0. The summed E-state index contributed by atoms with van der Waals surface area (Å²) in [6, 6.07) is 0. The van der Waals surface area contributed by atoms with Crippen molar-refractivity contribution in [2.24, 2.45) is 0 Å². The van der Waals surface area contributed by atoms with E-state index in [2.05, 4.69) is 123 Å². The van der Waals surface area contributed by atoms with Crippen LogP contribution in [0.2, 0.25) is 0 Å². The monoisotopic (exact) mass is 1310 g/mol. The van der Waals surface area contributed by atoms with Gasteiger partial charge < -0.3 is 18.9 Å². The normalized spacial score (nSPS) is 13.7. The lowest BCUT2D eigenvalue weighted by atomic mass is 10.0. The van der Waals surface area contributed by atoms with Gasteiger partial charge in [0, 0.05) is 12.8 Å². The summed E-state index contributed by atoms with van der Waals surface area (Å²) in [6.45, 7) is 4.25. The molecular weight excluding hydrogens is 1160 g/mol. The van der Waals surface area contributed by atoms with Gasteiger partial charge in [0.2, 0.25) is 0 Å². The third-order valence-corrected chi connectivity index (χ3v) is 17.8. The van der Waals surface area contributed by atoms with E-state index < -0.39 is 26.5 Å². The van der Waals surface area contributed by atoms with E-state index in [0.717, 1.165) is 89.9 Å². The Kier molecular flexibility index (Phi) is 69.3. The van der Waals surface area contributed by atoms with Gasteiger partial charge in [-0.3, -0.25) is 18.6 Å². The minimum Gasteiger partial charge on any atom is -0.462 e. The Labute approximate surface area is 569 Å². The van der Waals surface area contributed by atoms with Crippen LogP contribution in [0.25, 0.3) is 0 Å². The van der Waals surface area contributed by atoms with Gasteiger partial charge in [-0.25, -0.2) is 4.57 Å². The van der Waals surface area contributed by atoms with Gasteiger partial charge in [0.15, 0.2) is 6.10 Å². The number of rotatable bonds is 71. The lowest BCUT2D eigenvalue weighted by molar-refractivity contribution is -0.870. The zero-order valence-corrected chi connectivity index (χ0v) is 61.7. The Bertz CT molecular complexity index is 1920. The molecule has 1 N–H and O–H groups in total. The van der Waals surface area contributed by atoms with Gasteiger partial charge in [0.1, 0.15) is 19.8 Å². The number of hydrogen-bond acceptors (Lipinski definition) is 7. The van der Waals surface area contributed by atoms with Crippen molar-refractivity contribution < 1.29 is 42.1 Å². The molecule has 0 aliphatic rings. The summed E-state index contributed by atoms with van der Waals surface area (Å²) >= 11 is 0. The quantitative estimate of drug-likeness (QED) is 0.0211. The summed E-state index contributed by atoms with van der Waals surface area (Å²) in [7, 11) is 1.49. The van der Waals surface area contributed by atoms with Crippen molar-refractivity contribution in [3.8, 4) is 0 Å². The van der Waals surface area contributed by atoms with Crippen LogP contribution >= 0.6 is 7.82 Å². The second kappa shape index (κ2) is 72.0. The number of ether oxygens (including phenoxy) is 2. The smallest absolute Gasteiger partial charge is 0.462 e. The SMILES string of the molecule is CC/C=C\C/C=C\C/C=C\C/C=C\C/C=C\CCCCCCCCCCCCCCCCCCCCCCCC(=O)OC(COC(=O)CCCCCCCCCCCCCCCCCCCC/C=C\C/C=C\C/C=C\C/C=C\CC)COP(=O)(O)OCC[N+](C)(C)C. The third kappa shape index (κ3) is 75.7. The van der Waals surface area contributed by atoms with Gasteiger partial charge in [-0.1, -0.05) is 348 Å². The maximum absolute atomic E-state index is 12.9. The van der Waals surface area contributed by atoms with Crippen molar-refractivity contribution in [1.82, 2.24) is 0 Å². The van der Waals surface area contributed by atoms with Crippen LogP contribution in [0, 0.1) is 0 Å². The topological polar surface area (TPSA) is 108 Å². The first kappa shape index (κ1) is 88.7. The first-order valence-corrected chi connectivity index (χ1v) is 40.1. The van der Waals surface area contributed by atoms with Crippen LogP contribution in [0.15, 0.2) is 109 Å². The Hall–Kier alpha value is -3.33. The molecule has 0 aliphatic carbocycles. The summed E-state index contributed by atoms with van der Waals surface area (Å²) < 4.78 is 34.8. The molecule has 0 amide bonds. The number of unbranched alkanes of at least 4 members (excludes halogenated alkanes) is 39. The number of likely N-dealkylation sites (N-methyl/N-ethyl adjacent to an activating group) is 1. The molecule has 532 valence electrons. The number of phosphoric acid groups is 1. The number of carbonyl (C=O) groups excluding carboxylic acids is 2. The molecule has 0 heterocycles. The molecule has 0 aromatic carbocycles. The van der Waals surface area contributed by atoms with E-state index in [4.69, 9.17) is 18.5 Å². The highest BCUT2D eigenvalue weighted by Crippen LogP contribution is 2.43. The van der Waals surface area contributed by atoms with Crippen LogP contribution in [0.5, 0.6) is 0 Å². The van der Waals surface area contributed by atoms with Crippen LogP contribution in [0.4, 0.5) is 0 Å². The summed E-state index contributed by atoms with van der Waals surface area (Å²) in [5, 5.41) is 0. The Morgan fingerprint density at radius 1 is 0.337 bits per heavy atom. The lowest BCUT2D eigenvalue weighted by Crippen LogP contribution is -2.37. The van der Waals surface area contributed by atoms with E-state index >= 15 is 0 Å². The number of carbonyl (C=O) groups is 2. The second-order valence-corrected chi connectivity index (χ2v) is 28.4. The third-order valence-electron chi connectivity index (χ3n) is 16.8. The Morgan fingerprint density at radius 2 is 0.587 bits per heavy atom. The Balaban J connectivity index is 3.95. The van der Waals surface area contributed by atoms with Crippen molar-refractivity contribution in [2.45, 2.75) is 354 Å². The van der Waals surface area contributed by atoms with Crippen LogP contribution in [0.1, 0.15) is 348 Å². The zero-order chi connectivity index (χ0) is 66.9. The molecule has 9 nitrogen and oxygen atoms in total. The molecule has 10 heteroatoms. The van der Waals surface area contributed by atoms with E-state index in [9.17, 15) is 19.0 Å². The molecule has 0 spiro atoms. The average molecular weight is 1310 g/mol. The average Bonchev–Trinajstić information content (AvgIpc) is 2.34. The minimum absolute atomic E-state index is 0.0310. The number of esters is 2. The molecule has 0 rings (SSSR count). The molecule has 0 saturated heterocycles. The van der Waals surface area contributed by atoms with Crippen molar-refractivity contribution in [1.29, 1.82) is 0 Å². The first-order chi connectivity index (χ1) is 45.0. The summed E-state index contributed by atoms with van der Waals surface area (Å²) in [6.07, 6.45) is 102. The fourth-order valence-corrected chi connectivity index (χ4v) is 11.7. The van der Waals surface area contributed by atoms with E-state index in [-0.39, 0.29) is 32.0 Å². The molecule has 0 fully saturated rings. The number of quaternary nitrogens is 1. The van der Waals surface area contributed by atoms with Gasteiger partial charge >= 0.3 is 19.8 Å². The summed E-state index contributed by atoms with van der Waals surface area (Å²) in [5.41, 5.74) is 0. The number of phosphoric ester groups is 1. The van der Waals surface area contributed by atoms with Gasteiger partial charge in [-0.2, -0.15) is 0 Å². The van der Waals surface area contributed by atoms with E-state index in [0.29, 0.717) is 17.4 Å². The molecule has 0 aliphatic heterocycles. The highest BCUT2D eigenvalue weighted by molar-refractivity contribution is 7.47. The fourth-order valence-electron chi connectivity index (χ4n) is 11.0. The van der Waals surface area contributed by atoms with Gasteiger partial charge in [0.05, 0.1) is 27.7 Å². The van der Waals surface area contributed by atoms with Crippen LogP contribution in [-0.4, -0.2) is 74.9 Å². The second-order valence-electron chi connectivity index (χ2n) is 27.0. The first-order valence-electron chi connectivity index (χ1n) is 38.6. The fraction of sp³-hybridized carbons (Fsp3) is 0.756. The van der Waals surface area contributed by atoms with Gasteiger partial charge in [-0.05, 0) is 96.3 Å². The molecule has 0 aromatic heterocycles. The van der Waals surface area contributed by atoms with Gasteiger partial charge in [0.25, 0.3) is 0 Å². The van der Waals surface area contributed by atoms with E-state index in [1.807, 2.05) is 21.1 Å². The lowest BCUT2D eigenvalue weighted by Gasteiger charge is -2.24. The van der Waals surface area contributed by atoms with Crippen LogP contribution in [-0.2, 0) is 32.7 Å². The highest BCUT2D eigenvalue weighted by atomic mass is 31.2. The molecule has 2 atom stereocenters. The van der Waals surface area contributed by atoms with E-state index in [1.54, 1.807) is 0 Å². The maximum Gasteiger partial charge on any atom is 0.472 e. The molecule has 0 radical (unpaired) electrons. The molecule has 0 bridgehead atoms. The van der Waals surface area contributed by atoms with E-state index in [1.165, 1.54) is 225 Å². The Morgan fingerprint density at radius 3 is 0.870 bits per heavy atom. The highest BCUT2D eigenvalue weighted by Gasteiger charge is 2.27. The minimum atomic E-state index is -4.40. The molecule has 0 aromatic rings. The predicted octanol–water partition coefficient (Wildman–Crippen LogP) is 25.6. The number of hydrogen-bond donors (Lipinski definition) is 1. The standard InChI is InChI=1S/C82H146NO8P/c1-6-8-10-12-14-16-18-20-22-24-26-28-30-32-34-36-38-39-40-41-42-43-45-47-49-51-53-55-57-59-61-63-65-67-69-71-73-75-82(85)91-80(79-90-92(86,87)89-77-76-83(3,4)5)78-88-81(84)74-72-70-68-66-64-62-60-58-56-54-52-50-48-46-44-37-35-33-31-29-27-25-23-21-19-17-15-13-11-9-7-2/h8-11,14-17,20-23,26-29,32,34,80H,6-7,12-13,18-19,24-25,30-31,33,35-79H2,1-5H3/p+1/b10-8-,11-9-,16-14-,17-15-,22-20-,23-21-,28-26-,29-27-,34-32-. The van der Waals surface area contributed by atoms with Crippen molar-refractivity contribution in [2.75, 3.05) is 47.5 Å².